The summed E-state index contributed by atoms with van der Waals surface area (Å²) in [5.41, 5.74) is 0.857. The number of nitrogens with zero attached hydrogens (tertiary/aromatic N) is 2. The van der Waals surface area contributed by atoms with Crippen LogP contribution in [0.25, 0.3) is 0 Å². The molecule has 1 amide bonds. The average Bonchev–Trinajstić information content (AvgIpc) is 2.68. The molecule has 2 aromatic rings. The van der Waals surface area contributed by atoms with Crippen LogP contribution in [0.1, 0.15) is 5.69 Å². The summed E-state index contributed by atoms with van der Waals surface area (Å²) < 4.78 is 37.2. The van der Waals surface area contributed by atoms with E-state index in [2.05, 4.69) is 10.3 Å². The zero-order valence-electron chi connectivity index (χ0n) is 14.9. The lowest BCUT2D eigenvalue weighted by Gasteiger charge is -2.21. The van der Waals surface area contributed by atoms with Crippen molar-refractivity contribution in [1.29, 1.82) is 0 Å². The second kappa shape index (κ2) is 8.36. The molecular weight excluding hydrogens is 370 g/mol. The normalized spacial score (nSPS) is 13.4. The Bertz CT molecular complexity index is 902. The first-order valence-corrected chi connectivity index (χ1v) is 9.93. The molecule has 0 spiro atoms. The maximum Gasteiger partial charge on any atom is 0.243 e. The number of hydrogen-bond donors (Lipinski definition) is 1. The topological polar surface area (TPSA) is 97.8 Å². The highest BCUT2D eigenvalue weighted by molar-refractivity contribution is 7.89. The largest absolute Gasteiger partial charge is 0.486 e. The van der Waals surface area contributed by atoms with Crippen LogP contribution in [0.5, 0.6) is 11.5 Å². The fraction of sp³-hybridized carbons (Fsp3) is 0.333. The highest BCUT2D eigenvalue weighted by atomic mass is 32.2. The van der Waals surface area contributed by atoms with Gasteiger partial charge in [-0.25, -0.2) is 8.42 Å². The van der Waals surface area contributed by atoms with Gasteiger partial charge in [0.1, 0.15) is 13.2 Å². The minimum absolute atomic E-state index is 0.0514. The molecule has 0 radical (unpaired) electrons. The van der Waals surface area contributed by atoms with E-state index in [1.807, 2.05) is 18.2 Å². The van der Waals surface area contributed by atoms with Crippen LogP contribution in [0.15, 0.2) is 47.5 Å². The molecule has 1 aliphatic heterocycles. The number of carbonyl (C=O) groups excluding carboxylic acids is 1. The van der Waals surface area contributed by atoms with Gasteiger partial charge in [-0.1, -0.05) is 6.07 Å². The molecule has 0 atom stereocenters. The lowest BCUT2D eigenvalue weighted by Crippen LogP contribution is -2.39. The van der Waals surface area contributed by atoms with Crippen molar-refractivity contribution in [3.8, 4) is 11.5 Å². The lowest BCUT2D eigenvalue weighted by atomic mass is 10.3. The predicted octanol–water partition coefficient (Wildman–Crippen LogP) is 0.832. The molecule has 0 bridgehead atoms. The third-order valence-corrected chi connectivity index (χ3v) is 5.82. The fourth-order valence-corrected chi connectivity index (χ4v) is 3.73. The van der Waals surface area contributed by atoms with Crippen LogP contribution in [-0.4, -0.2) is 57.0 Å². The van der Waals surface area contributed by atoms with Crippen LogP contribution in [0.3, 0.4) is 0 Å². The molecule has 0 saturated heterocycles. The summed E-state index contributed by atoms with van der Waals surface area (Å²) >= 11 is 0. The Kier molecular flexibility index (Phi) is 5.92. The lowest BCUT2D eigenvalue weighted by molar-refractivity contribution is -0.121. The van der Waals surface area contributed by atoms with E-state index in [1.54, 1.807) is 12.3 Å². The van der Waals surface area contributed by atoms with Crippen LogP contribution in [0.2, 0.25) is 0 Å². The number of carbonyl (C=O) groups is 1. The number of pyridine rings is 1. The van der Waals surface area contributed by atoms with Gasteiger partial charge in [-0.2, -0.15) is 4.31 Å². The van der Waals surface area contributed by atoms with Gasteiger partial charge in [0.25, 0.3) is 0 Å². The first-order chi connectivity index (χ1) is 13.0. The van der Waals surface area contributed by atoms with Crippen LogP contribution < -0.4 is 14.8 Å². The molecular formula is C18H21N3O5S. The molecule has 8 nitrogen and oxygen atoms in total. The van der Waals surface area contributed by atoms with E-state index >= 15 is 0 Å². The van der Waals surface area contributed by atoms with Crippen molar-refractivity contribution in [1.82, 2.24) is 14.6 Å². The first kappa shape index (κ1) is 19.1. The standard InChI is InChI=1S/C18H21N3O5S/c1-21(13-18(22)20-9-7-14-4-2-3-8-19-14)27(23,24)15-5-6-16-17(12-15)26-11-10-25-16/h2-6,8,12H,7,9-11,13H2,1H3,(H,20,22). The smallest absolute Gasteiger partial charge is 0.243 e. The average molecular weight is 391 g/mol. The zero-order valence-corrected chi connectivity index (χ0v) is 15.7. The highest BCUT2D eigenvalue weighted by Gasteiger charge is 2.25. The molecule has 1 aromatic carbocycles. The summed E-state index contributed by atoms with van der Waals surface area (Å²) in [4.78, 5) is 16.3. The summed E-state index contributed by atoms with van der Waals surface area (Å²) in [6.07, 6.45) is 2.26. The third-order valence-electron chi connectivity index (χ3n) is 4.02. The summed E-state index contributed by atoms with van der Waals surface area (Å²) in [5, 5.41) is 2.71. The number of nitrogens with one attached hydrogen (secondary N) is 1. The summed E-state index contributed by atoms with van der Waals surface area (Å²) in [6, 6.07) is 9.97. The van der Waals surface area contributed by atoms with E-state index in [9.17, 15) is 13.2 Å². The number of amides is 1. The van der Waals surface area contributed by atoms with Gasteiger partial charge in [-0.05, 0) is 24.3 Å². The van der Waals surface area contributed by atoms with Crippen molar-refractivity contribution >= 4 is 15.9 Å². The monoisotopic (exact) mass is 391 g/mol. The summed E-state index contributed by atoms with van der Waals surface area (Å²) in [5.74, 6) is 0.514. The molecule has 27 heavy (non-hydrogen) atoms. The van der Waals surface area contributed by atoms with Crippen LogP contribution in [-0.2, 0) is 21.2 Å². The van der Waals surface area contributed by atoms with Gasteiger partial charge in [0, 0.05) is 38.0 Å². The second-order valence-corrected chi connectivity index (χ2v) is 8.03. The molecule has 1 aliphatic rings. The molecule has 2 heterocycles. The Labute approximate surface area is 158 Å². The molecule has 3 rings (SSSR count). The Morgan fingerprint density at radius 1 is 1.19 bits per heavy atom. The van der Waals surface area contributed by atoms with Gasteiger partial charge in [-0.15, -0.1) is 0 Å². The number of fused-ring (bicyclic) bond motifs is 1. The van der Waals surface area contributed by atoms with E-state index in [4.69, 9.17) is 9.47 Å². The molecule has 9 heteroatoms. The van der Waals surface area contributed by atoms with Crippen molar-refractivity contribution < 1.29 is 22.7 Å². The molecule has 1 N–H and O–H groups in total. The van der Waals surface area contributed by atoms with E-state index in [0.717, 1.165) is 10.00 Å². The second-order valence-electron chi connectivity index (χ2n) is 5.99. The van der Waals surface area contributed by atoms with Gasteiger partial charge >= 0.3 is 0 Å². The molecule has 0 fully saturated rings. The first-order valence-electron chi connectivity index (χ1n) is 8.49. The molecule has 1 aromatic heterocycles. The molecule has 0 unspecified atom stereocenters. The molecule has 0 aliphatic carbocycles. The number of sulfonamides is 1. The minimum atomic E-state index is -3.82. The highest BCUT2D eigenvalue weighted by Crippen LogP contribution is 2.32. The number of rotatable bonds is 7. The van der Waals surface area contributed by atoms with Gasteiger partial charge in [0.15, 0.2) is 11.5 Å². The van der Waals surface area contributed by atoms with Crippen molar-refractivity contribution in [2.45, 2.75) is 11.3 Å². The van der Waals surface area contributed by atoms with Gasteiger partial charge < -0.3 is 14.8 Å². The van der Waals surface area contributed by atoms with E-state index < -0.39 is 10.0 Å². The van der Waals surface area contributed by atoms with Gasteiger partial charge in [-0.3, -0.25) is 9.78 Å². The molecule has 144 valence electrons. The van der Waals surface area contributed by atoms with Crippen LogP contribution in [0, 0.1) is 0 Å². The van der Waals surface area contributed by atoms with E-state index in [1.165, 1.54) is 19.2 Å². The van der Waals surface area contributed by atoms with Crippen molar-refractivity contribution in [3.05, 3.63) is 48.3 Å². The number of hydrogen-bond acceptors (Lipinski definition) is 6. The van der Waals surface area contributed by atoms with Crippen LogP contribution >= 0.6 is 0 Å². The van der Waals surface area contributed by atoms with Crippen molar-refractivity contribution in [3.63, 3.8) is 0 Å². The maximum atomic E-state index is 12.7. The maximum absolute atomic E-state index is 12.7. The number of likely N-dealkylation sites (N-methyl/N-ethyl adjacent to an activating group) is 1. The van der Waals surface area contributed by atoms with E-state index in [-0.39, 0.29) is 17.3 Å². The predicted molar refractivity (Wildman–Crippen MR) is 98.2 cm³/mol. The quantitative estimate of drug-likeness (QED) is 0.751. The summed E-state index contributed by atoms with van der Waals surface area (Å²) in [6.45, 7) is 0.898. The Hall–Kier alpha value is -2.65. The fourth-order valence-electron chi connectivity index (χ4n) is 2.58. The number of aromatic nitrogens is 1. The Morgan fingerprint density at radius 3 is 2.70 bits per heavy atom. The Morgan fingerprint density at radius 2 is 1.96 bits per heavy atom. The van der Waals surface area contributed by atoms with Crippen molar-refractivity contribution in [2.24, 2.45) is 0 Å². The number of benzene rings is 1. The molecule has 0 saturated carbocycles. The van der Waals surface area contributed by atoms with Gasteiger partial charge in [0.05, 0.1) is 11.4 Å². The third kappa shape index (κ3) is 4.75. The van der Waals surface area contributed by atoms with E-state index in [0.29, 0.717) is 37.7 Å². The van der Waals surface area contributed by atoms with Gasteiger partial charge in [0.2, 0.25) is 15.9 Å². The zero-order chi connectivity index (χ0) is 19.3. The Balaban J connectivity index is 1.57. The number of ether oxygens (including phenoxy) is 2. The summed E-state index contributed by atoms with van der Waals surface area (Å²) in [7, 11) is -2.45. The van der Waals surface area contributed by atoms with Crippen LogP contribution in [0.4, 0.5) is 0 Å². The minimum Gasteiger partial charge on any atom is -0.486 e. The van der Waals surface area contributed by atoms with Crippen molar-refractivity contribution in [2.75, 3.05) is 33.4 Å². The SMILES string of the molecule is CN(CC(=O)NCCc1ccccn1)S(=O)(=O)c1ccc2c(c1)OCCO2.